The number of aromatic nitrogens is 2. The van der Waals surface area contributed by atoms with Gasteiger partial charge in [-0.05, 0) is 28.7 Å². The van der Waals surface area contributed by atoms with Crippen LogP contribution in [0.5, 0.6) is 0 Å². The minimum absolute atomic E-state index is 0.215. The summed E-state index contributed by atoms with van der Waals surface area (Å²) in [5.41, 5.74) is 1.32. The van der Waals surface area contributed by atoms with E-state index in [2.05, 4.69) is 9.71 Å². The van der Waals surface area contributed by atoms with Crippen molar-refractivity contribution in [3.05, 3.63) is 27.3 Å². The molecular formula is C12H14ClFIN3O2S. The molecule has 5 nitrogen and oxygen atoms in total. The number of nitrogens with zero attached hydrogens (tertiary/aromatic N) is 2. The molecule has 21 heavy (non-hydrogen) atoms. The number of halogens is 3. The fourth-order valence-corrected chi connectivity index (χ4v) is 3.12. The number of fused-ring (bicyclic) bond motifs is 1. The van der Waals surface area contributed by atoms with E-state index in [1.807, 2.05) is 22.6 Å². The molecule has 0 bridgehead atoms. The van der Waals surface area contributed by atoms with Crippen LogP contribution in [0.1, 0.15) is 5.82 Å². The van der Waals surface area contributed by atoms with Crippen LogP contribution in [-0.2, 0) is 23.0 Å². The Hall–Kier alpha value is -0.450. The van der Waals surface area contributed by atoms with Gasteiger partial charge < -0.3 is 4.57 Å². The molecule has 0 atom stereocenters. The maximum Gasteiger partial charge on any atom is 0.208 e. The largest absolute Gasteiger partial charge is 0.327 e. The first-order chi connectivity index (χ1) is 9.81. The summed E-state index contributed by atoms with van der Waals surface area (Å²) >= 11 is 7.68. The van der Waals surface area contributed by atoms with Crippen molar-refractivity contribution < 1.29 is 12.8 Å². The van der Waals surface area contributed by atoms with E-state index in [-0.39, 0.29) is 12.4 Å². The van der Waals surface area contributed by atoms with Crippen molar-refractivity contribution in [3.63, 3.8) is 0 Å². The van der Waals surface area contributed by atoms with Gasteiger partial charge in [0.15, 0.2) is 0 Å². The Labute approximate surface area is 141 Å². The first kappa shape index (κ1) is 16.9. The van der Waals surface area contributed by atoms with Gasteiger partial charge in [-0.3, -0.25) is 0 Å². The van der Waals surface area contributed by atoms with Crippen LogP contribution in [0, 0.1) is 9.39 Å². The third kappa shape index (κ3) is 4.27. The molecule has 2 rings (SSSR count). The van der Waals surface area contributed by atoms with Crippen molar-refractivity contribution in [2.45, 2.75) is 13.0 Å². The van der Waals surface area contributed by atoms with E-state index in [9.17, 15) is 12.8 Å². The van der Waals surface area contributed by atoms with Gasteiger partial charge in [-0.15, -0.1) is 11.6 Å². The van der Waals surface area contributed by atoms with Crippen LogP contribution in [0.2, 0.25) is 0 Å². The van der Waals surface area contributed by atoms with E-state index in [4.69, 9.17) is 11.6 Å². The van der Waals surface area contributed by atoms with Crippen LogP contribution in [0.15, 0.2) is 12.1 Å². The number of hydrogen-bond donors (Lipinski definition) is 1. The molecule has 2 aromatic rings. The highest BCUT2D eigenvalue weighted by Crippen LogP contribution is 2.22. The first-order valence-electron chi connectivity index (χ1n) is 6.16. The molecule has 1 heterocycles. The molecule has 0 aliphatic carbocycles. The highest BCUT2D eigenvalue weighted by Gasteiger charge is 2.13. The molecule has 0 amide bonds. The molecule has 0 aliphatic heterocycles. The summed E-state index contributed by atoms with van der Waals surface area (Å²) in [6.07, 6.45) is 1.63. The van der Waals surface area contributed by atoms with E-state index < -0.39 is 10.0 Å². The Bertz CT molecular complexity index is 763. The van der Waals surface area contributed by atoms with Gasteiger partial charge in [-0.1, -0.05) is 0 Å². The smallest absolute Gasteiger partial charge is 0.208 e. The molecule has 0 unspecified atom stereocenters. The number of aryl methyl sites for hydroxylation is 1. The van der Waals surface area contributed by atoms with Crippen molar-refractivity contribution in [2.24, 2.45) is 0 Å². The summed E-state index contributed by atoms with van der Waals surface area (Å²) in [7, 11) is -3.26. The molecule has 0 saturated heterocycles. The summed E-state index contributed by atoms with van der Waals surface area (Å²) in [4.78, 5) is 4.45. The van der Waals surface area contributed by atoms with Crippen molar-refractivity contribution in [2.75, 3.05) is 18.7 Å². The monoisotopic (exact) mass is 445 g/mol. The molecule has 0 fully saturated rings. The van der Waals surface area contributed by atoms with E-state index in [0.29, 0.717) is 33.4 Å². The van der Waals surface area contributed by atoms with Gasteiger partial charge in [0, 0.05) is 31.5 Å². The molecule has 0 aliphatic rings. The molecule has 1 aromatic heterocycles. The number of rotatable bonds is 6. The zero-order valence-corrected chi connectivity index (χ0v) is 15.0. The minimum atomic E-state index is -3.26. The lowest BCUT2D eigenvalue weighted by atomic mass is 10.3. The Morgan fingerprint density at radius 3 is 2.81 bits per heavy atom. The average Bonchev–Trinajstić information content (AvgIpc) is 2.67. The molecule has 1 aromatic carbocycles. The average molecular weight is 446 g/mol. The van der Waals surface area contributed by atoms with Crippen molar-refractivity contribution >= 4 is 55.2 Å². The maximum atomic E-state index is 13.7. The zero-order valence-electron chi connectivity index (χ0n) is 11.2. The SMILES string of the molecule is CS(=O)(=O)NCCn1c(CCCl)nc2cc(I)c(F)cc21. The lowest BCUT2D eigenvalue weighted by molar-refractivity contribution is 0.576. The topological polar surface area (TPSA) is 64.0 Å². The fraction of sp³-hybridized carbons (Fsp3) is 0.417. The highest BCUT2D eigenvalue weighted by molar-refractivity contribution is 14.1. The normalized spacial score (nSPS) is 12.2. The van der Waals surface area contributed by atoms with Crippen LogP contribution in [0.3, 0.4) is 0 Å². The van der Waals surface area contributed by atoms with Crippen LogP contribution in [-0.4, -0.2) is 36.6 Å². The van der Waals surface area contributed by atoms with E-state index in [1.165, 1.54) is 6.07 Å². The predicted octanol–water partition coefficient (Wildman–Crippen LogP) is 2.11. The van der Waals surface area contributed by atoms with Crippen LogP contribution >= 0.6 is 34.2 Å². The number of benzene rings is 1. The molecule has 0 radical (unpaired) electrons. The van der Waals surface area contributed by atoms with Crippen molar-refractivity contribution in [1.29, 1.82) is 0 Å². The second-order valence-electron chi connectivity index (χ2n) is 4.54. The van der Waals surface area contributed by atoms with Crippen molar-refractivity contribution in [3.8, 4) is 0 Å². The zero-order chi connectivity index (χ0) is 15.6. The third-order valence-corrected chi connectivity index (χ3v) is 4.63. The van der Waals surface area contributed by atoms with Gasteiger partial charge in [0.25, 0.3) is 0 Å². The summed E-state index contributed by atoms with van der Waals surface area (Å²) in [6.45, 7) is 0.586. The number of hydrogen-bond acceptors (Lipinski definition) is 3. The Kier molecular flexibility index (Phi) is 5.44. The van der Waals surface area contributed by atoms with E-state index in [0.717, 1.165) is 12.1 Å². The van der Waals surface area contributed by atoms with Gasteiger partial charge in [0.05, 0.1) is 20.9 Å². The fourth-order valence-electron chi connectivity index (χ4n) is 2.04. The predicted molar refractivity (Wildman–Crippen MR) is 89.7 cm³/mol. The molecular weight excluding hydrogens is 432 g/mol. The third-order valence-electron chi connectivity index (χ3n) is 2.89. The maximum absolute atomic E-state index is 13.7. The molecule has 1 N–H and O–H groups in total. The number of imidazole rings is 1. The van der Waals surface area contributed by atoms with Gasteiger partial charge >= 0.3 is 0 Å². The van der Waals surface area contributed by atoms with Gasteiger partial charge in [-0.25, -0.2) is 22.5 Å². The first-order valence-corrected chi connectivity index (χ1v) is 9.67. The number of sulfonamides is 1. The Morgan fingerprint density at radius 2 is 2.19 bits per heavy atom. The molecule has 116 valence electrons. The van der Waals surface area contributed by atoms with Gasteiger partial charge in [0.2, 0.25) is 10.0 Å². The number of alkyl halides is 1. The van der Waals surface area contributed by atoms with Crippen molar-refractivity contribution in [1.82, 2.24) is 14.3 Å². The summed E-state index contributed by atoms with van der Waals surface area (Å²) in [5, 5.41) is 0. The van der Waals surface area contributed by atoms with E-state index >= 15 is 0 Å². The molecule has 9 heteroatoms. The summed E-state index contributed by atoms with van der Waals surface area (Å²) in [6, 6.07) is 3.09. The van der Waals surface area contributed by atoms with Crippen LogP contribution in [0.25, 0.3) is 11.0 Å². The van der Waals surface area contributed by atoms with E-state index in [1.54, 1.807) is 10.6 Å². The lowest BCUT2D eigenvalue weighted by Crippen LogP contribution is -2.26. The van der Waals surface area contributed by atoms with Crippen LogP contribution in [0.4, 0.5) is 4.39 Å². The quantitative estimate of drug-likeness (QED) is 0.547. The summed E-state index contributed by atoms with van der Waals surface area (Å²) < 4.78 is 40.7. The van der Waals surface area contributed by atoms with Gasteiger partial charge in [0.1, 0.15) is 11.6 Å². The Morgan fingerprint density at radius 1 is 1.48 bits per heavy atom. The van der Waals surface area contributed by atoms with Gasteiger partial charge in [-0.2, -0.15) is 0 Å². The standard InChI is InChI=1S/C12H14ClFIN3O2S/c1-21(19,20)16-4-5-18-11-6-8(14)9(15)7-10(11)17-12(18)2-3-13/h6-7,16H,2-5H2,1H3. The van der Waals surface area contributed by atoms with Crippen LogP contribution < -0.4 is 4.72 Å². The lowest BCUT2D eigenvalue weighted by Gasteiger charge is -2.09. The second kappa shape index (κ2) is 6.76. The summed E-state index contributed by atoms with van der Waals surface area (Å²) in [5.74, 6) is 0.789. The number of nitrogens with one attached hydrogen (secondary N) is 1. The minimum Gasteiger partial charge on any atom is -0.327 e. The molecule has 0 spiro atoms. The molecule has 0 saturated carbocycles. The second-order valence-corrected chi connectivity index (χ2v) is 7.91. The Balaban J connectivity index is 2.38. The highest BCUT2D eigenvalue weighted by atomic mass is 127.